The number of benzene rings is 1. The minimum Gasteiger partial charge on any atom is -0.356 e. The smallest absolute Gasteiger partial charge is 0.223 e. The van der Waals surface area contributed by atoms with Gasteiger partial charge in [-0.05, 0) is 25.8 Å². The summed E-state index contributed by atoms with van der Waals surface area (Å²) in [5.74, 6) is 1.91. The van der Waals surface area contributed by atoms with Crippen molar-refractivity contribution in [3.63, 3.8) is 0 Å². The van der Waals surface area contributed by atoms with Crippen LogP contribution in [0.4, 0.5) is 0 Å². The third-order valence-corrected chi connectivity index (χ3v) is 3.19. The molecule has 1 heterocycles. The Bertz CT molecular complexity index is 627. The Balaban J connectivity index is 1.78. The molecule has 0 aliphatic heterocycles. The molecule has 6 heteroatoms. The van der Waals surface area contributed by atoms with E-state index in [9.17, 15) is 0 Å². The van der Waals surface area contributed by atoms with Crippen LogP contribution in [0, 0.1) is 20.8 Å². The summed E-state index contributed by atoms with van der Waals surface area (Å²) in [6.07, 6.45) is 0.949. The molecule has 0 aliphatic carbocycles. The fraction of sp³-hybridized carbons (Fsp3) is 0.438. The number of rotatable bonds is 5. The molecule has 0 amide bonds. The number of guanidine groups is 1. The average molecular weight is 301 g/mol. The van der Waals surface area contributed by atoms with Gasteiger partial charge in [-0.3, -0.25) is 4.99 Å². The van der Waals surface area contributed by atoms with Gasteiger partial charge in [0.05, 0.1) is 6.54 Å². The lowest BCUT2D eigenvalue weighted by molar-refractivity contribution is 0.387. The standard InChI is InChI=1S/C16H23N5O/c1-11-7-12(2)9-14(8-11)5-6-18-16(17-4)19-10-15-20-13(3)22-21-15/h7-9H,5-6,10H2,1-4H3,(H2,17,18,19). The zero-order valence-corrected chi connectivity index (χ0v) is 13.6. The summed E-state index contributed by atoms with van der Waals surface area (Å²) in [5.41, 5.74) is 3.92. The van der Waals surface area contributed by atoms with E-state index < -0.39 is 0 Å². The van der Waals surface area contributed by atoms with Crippen molar-refractivity contribution in [1.29, 1.82) is 0 Å². The van der Waals surface area contributed by atoms with Gasteiger partial charge < -0.3 is 15.2 Å². The van der Waals surface area contributed by atoms with Crippen molar-refractivity contribution < 1.29 is 4.52 Å². The van der Waals surface area contributed by atoms with Crippen LogP contribution >= 0.6 is 0 Å². The van der Waals surface area contributed by atoms with E-state index >= 15 is 0 Å². The van der Waals surface area contributed by atoms with Crippen LogP contribution in [0.5, 0.6) is 0 Å². The molecule has 1 aromatic heterocycles. The molecule has 6 nitrogen and oxygen atoms in total. The molecule has 0 saturated carbocycles. The minimum absolute atomic E-state index is 0.487. The second-order valence-electron chi connectivity index (χ2n) is 5.33. The highest BCUT2D eigenvalue weighted by Gasteiger charge is 2.04. The van der Waals surface area contributed by atoms with Crippen LogP contribution in [0.3, 0.4) is 0 Å². The number of hydrogen-bond acceptors (Lipinski definition) is 4. The Morgan fingerprint density at radius 3 is 2.45 bits per heavy atom. The Morgan fingerprint density at radius 2 is 1.86 bits per heavy atom. The van der Waals surface area contributed by atoms with Crippen molar-refractivity contribution in [3.8, 4) is 0 Å². The number of aliphatic imine (C=N–C) groups is 1. The van der Waals surface area contributed by atoms with Crippen LogP contribution in [0.1, 0.15) is 28.4 Å². The van der Waals surface area contributed by atoms with Crippen molar-refractivity contribution in [2.75, 3.05) is 13.6 Å². The van der Waals surface area contributed by atoms with Gasteiger partial charge >= 0.3 is 0 Å². The second kappa shape index (κ2) is 7.59. The molecule has 118 valence electrons. The highest BCUT2D eigenvalue weighted by Crippen LogP contribution is 2.08. The topological polar surface area (TPSA) is 75.3 Å². The fourth-order valence-corrected chi connectivity index (χ4v) is 2.34. The normalized spacial score (nSPS) is 11.5. The maximum atomic E-state index is 4.93. The second-order valence-corrected chi connectivity index (χ2v) is 5.33. The van der Waals surface area contributed by atoms with Crippen molar-refractivity contribution in [2.24, 2.45) is 4.99 Å². The van der Waals surface area contributed by atoms with Crippen LogP contribution in [0.2, 0.25) is 0 Å². The predicted octanol–water partition coefficient (Wildman–Crippen LogP) is 1.90. The van der Waals surface area contributed by atoms with Gasteiger partial charge in [0.15, 0.2) is 11.8 Å². The molecule has 2 rings (SSSR count). The van der Waals surface area contributed by atoms with Gasteiger partial charge in [0.1, 0.15) is 0 Å². The van der Waals surface area contributed by atoms with E-state index in [1.54, 1.807) is 14.0 Å². The van der Waals surface area contributed by atoms with Crippen LogP contribution in [-0.2, 0) is 13.0 Å². The first-order chi connectivity index (χ1) is 10.6. The molecule has 0 spiro atoms. The Hall–Kier alpha value is -2.37. The van der Waals surface area contributed by atoms with Crippen LogP contribution in [-0.4, -0.2) is 29.7 Å². The molecule has 0 unspecified atom stereocenters. The van der Waals surface area contributed by atoms with Crippen LogP contribution < -0.4 is 10.6 Å². The molecule has 0 fully saturated rings. The third kappa shape index (κ3) is 4.87. The van der Waals surface area contributed by atoms with Crippen molar-refractivity contribution >= 4 is 5.96 Å². The molecule has 22 heavy (non-hydrogen) atoms. The SMILES string of the molecule is CN=C(NCCc1cc(C)cc(C)c1)NCc1noc(C)n1. The molecule has 0 saturated heterocycles. The van der Waals surface area contributed by atoms with Crippen LogP contribution in [0.15, 0.2) is 27.7 Å². The number of nitrogens with zero attached hydrogens (tertiary/aromatic N) is 3. The van der Waals surface area contributed by atoms with E-state index in [-0.39, 0.29) is 0 Å². The zero-order chi connectivity index (χ0) is 15.9. The molecular formula is C16H23N5O. The third-order valence-electron chi connectivity index (χ3n) is 3.19. The lowest BCUT2D eigenvalue weighted by Crippen LogP contribution is -2.38. The summed E-state index contributed by atoms with van der Waals surface area (Å²) in [6.45, 7) is 7.32. The van der Waals surface area contributed by atoms with Crippen molar-refractivity contribution in [3.05, 3.63) is 46.6 Å². The summed E-state index contributed by atoms with van der Waals surface area (Å²) in [5, 5.41) is 10.3. The van der Waals surface area contributed by atoms with E-state index in [2.05, 4.69) is 57.8 Å². The van der Waals surface area contributed by atoms with Gasteiger partial charge in [0.25, 0.3) is 0 Å². The summed E-state index contributed by atoms with van der Waals surface area (Å²) in [4.78, 5) is 8.33. The van der Waals surface area contributed by atoms with Gasteiger partial charge in [0.2, 0.25) is 5.89 Å². The van der Waals surface area contributed by atoms with E-state index in [1.807, 2.05) is 0 Å². The van der Waals surface area contributed by atoms with Gasteiger partial charge in [-0.2, -0.15) is 4.98 Å². The number of aromatic nitrogens is 2. The van der Waals surface area contributed by atoms with Crippen molar-refractivity contribution in [2.45, 2.75) is 33.7 Å². The van der Waals surface area contributed by atoms with Crippen molar-refractivity contribution in [1.82, 2.24) is 20.8 Å². The Labute approximate surface area is 131 Å². The largest absolute Gasteiger partial charge is 0.356 e. The van der Waals surface area contributed by atoms with E-state index in [4.69, 9.17) is 4.52 Å². The summed E-state index contributed by atoms with van der Waals surface area (Å²) in [6, 6.07) is 6.62. The molecular weight excluding hydrogens is 278 g/mol. The number of aryl methyl sites for hydroxylation is 3. The van der Waals surface area contributed by atoms with Gasteiger partial charge in [-0.15, -0.1) is 0 Å². The molecule has 2 aromatic rings. The van der Waals surface area contributed by atoms with Gasteiger partial charge in [0, 0.05) is 20.5 Å². The van der Waals surface area contributed by atoms with E-state index in [0.29, 0.717) is 18.3 Å². The predicted molar refractivity (Wildman–Crippen MR) is 86.9 cm³/mol. The molecule has 0 aliphatic rings. The minimum atomic E-state index is 0.487. The first-order valence-corrected chi connectivity index (χ1v) is 7.37. The quantitative estimate of drug-likeness (QED) is 0.651. The molecule has 2 N–H and O–H groups in total. The first kappa shape index (κ1) is 16.0. The van der Waals surface area contributed by atoms with Gasteiger partial charge in [-0.25, -0.2) is 0 Å². The summed E-state index contributed by atoms with van der Waals surface area (Å²) < 4.78 is 4.93. The zero-order valence-electron chi connectivity index (χ0n) is 13.6. The van der Waals surface area contributed by atoms with E-state index in [0.717, 1.165) is 18.9 Å². The molecule has 1 aromatic carbocycles. The average Bonchev–Trinajstić information content (AvgIpc) is 2.87. The summed E-state index contributed by atoms with van der Waals surface area (Å²) >= 11 is 0. The summed E-state index contributed by atoms with van der Waals surface area (Å²) in [7, 11) is 1.74. The lowest BCUT2D eigenvalue weighted by Gasteiger charge is -2.11. The monoisotopic (exact) mass is 301 g/mol. The molecule has 0 radical (unpaired) electrons. The molecule has 0 bridgehead atoms. The number of hydrogen-bond donors (Lipinski definition) is 2. The van der Waals surface area contributed by atoms with E-state index in [1.165, 1.54) is 16.7 Å². The Kier molecular flexibility index (Phi) is 5.52. The number of nitrogens with one attached hydrogen (secondary N) is 2. The van der Waals surface area contributed by atoms with Gasteiger partial charge in [-0.1, -0.05) is 34.5 Å². The lowest BCUT2D eigenvalue weighted by atomic mass is 10.1. The first-order valence-electron chi connectivity index (χ1n) is 7.37. The van der Waals surface area contributed by atoms with Crippen LogP contribution in [0.25, 0.3) is 0 Å². The fourth-order valence-electron chi connectivity index (χ4n) is 2.34. The maximum absolute atomic E-state index is 4.93. The highest BCUT2D eigenvalue weighted by atomic mass is 16.5. The Morgan fingerprint density at radius 1 is 1.14 bits per heavy atom. The highest BCUT2D eigenvalue weighted by molar-refractivity contribution is 5.79. The maximum Gasteiger partial charge on any atom is 0.223 e. The molecule has 0 atom stereocenters.